The summed E-state index contributed by atoms with van der Waals surface area (Å²) in [4.78, 5) is 2.11. The number of nitrogens with zero attached hydrogens (tertiary/aromatic N) is 1. The van der Waals surface area contributed by atoms with E-state index >= 15 is 0 Å². The lowest BCUT2D eigenvalue weighted by Crippen LogP contribution is -2.18. The van der Waals surface area contributed by atoms with Gasteiger partial charge in [0.15, 0.2) is 0 Å². The van der Waals surface area contributed by atoms with Crippen LogP contribution in [0.3, 0.4) is 0 Å². The molecule has 0 saturated heterocycles. The molecule has 1 aromatic heterocycles. The van der Waals surface area contributed by atoms with Gasteiger partial charge in [0.25, 0.3) is 0 Å². The van der Waals surface area contributed by atoms with Crippen molar-refractivity contribution in [3.8, 4) is 0 Å². The Bertz CT molecular complexity index is 496. The maximum absolute atomic E-state index is 6.01. The first-order chi connectivity index (χ1) is 8.08. The predicted octanol–water partition coefficient (Wildman–Crippen LogP) is 3.12. The summed E-state index contributed by atoms with van der Waals surface area (Å²) in [7, 11) is 2.02. The first kappa shape index (κ1) is 11.6. The molecule has 0 spiro atoms. The van der Waals surface area contributed by atoms with Crippen LogP contribution >= 0.6 is 0 Å². The predicted molar refractivity (Wildman–Crippen MR) is 71.1 cm³/mol. The normalized spacial score (nSPS) is 10.5. The molecule has 1 aromatic carbocycles. The summed E-state index contributed by atoms with van der Waals surface area (Å²) in [6.07, 6.45) is 0. The summed E-state index contributed by atoms with van der Waals surface area (Å²) < 4.78 is 5.57. The zero-order valence-electron chi connectivity index (χ0n) is 10.5. The lowest BCUT2D eigenvalue weighted by molar-refractivity contribution is 0.482. The lowest BCUT2D eigenvalue weighted by atomic mass is 10.1. The number of aryl methyl sites for hydroxylation is 2. The molecule has 2 N–H and O–H groups in total. The van der Waals surface area contributed by atoms with Crippen LogP contribution in [0.5, 0.6) is 0 Å². The second kappa shape index (κ2) is 4.53. The van der Waals surface area contributed by atoms with E-state index in [-0.39, 0.29) is 0 Å². The molecule has 0 fully saturated rings. The van der Waals surface area contributed by atoms with E-state index in [4.69, 9.17) is 10.2 Å². The molecule has 0 saturated carbocycles. The SMILES string of the molecule is Cc1ccc(CN(C)c2c(C)cccc2N)o1. The summed E-state index contributed by atoms with van der Waals surface area (Å²) in [6.45, 7) is 4.74. The number of furan rings is 1. The highest BCUT2D eigenvalue weighted by atomic mass is 16.3. The van der Waals surface area contributed by atoms with E-state index in [1.54, 1.807) is 0 Å². The maximum Gasteiger partial charge on any atom is 0.123 e. The number of nitrogen functional groups attached to an aromatic ring is 1. The molecule has 90 valence electrons. The molecule has 0 bridgehead atoms. The van der Waals surface area contributed by atoms with Gasteiger partial charge in [-0.2, -0.15) is 0 Å². The number of rotatable bonds is 3. The molecule has 0 unspecified atom stereocenters. The van der Waals surface area contributed by atoms with Gasteiger partial charge in [-0.1, -0.05) is 12.1 Å². The first-order valence-corrected chi connectivity index (χ1v) is 5.69. The average Bonchev–Trinajstić information content (AvgIpc) is 2.63. The van der Waals surface area contributed by atoms with E-state index < -0.39 is 0 Å². The van der Waals surface area contributed by atoms with Crippen LogP contribution < -0.4 is 10.6 Å². The van der Waals surface area contributed by atoms with E-state index in [0.29, 0.717) is 0 Å². The van der Waals surface area contributed by atoms with Crippen molar-refractivity contribution in [1.29, 1.82) is 0 Å². The Balaban J connectivity index is 2.22. The zero-order valence-corrected chi connectivity index (χ0v) is 10.5. The second-order valence-corrected chi connectivity index (χ2v) is 4.38. The Kier molecular flexibility index (Phi) is 3.09. The minimum Gasteiger partial charge on any atom is -0.464 e. The largest absolute Gasteiger partial charge is 0.464 e. The van der Waals surface area contributed by atoms with Gasteiger partial charge in [0.1, 0.15) is 11.5 Å². The van der Waals surface area contributed by atoms with Gasteiger partial charge in [0, 0.05) is 7.05 Å². The van der Waals surface area contributed by atoms with Crippen LogP contribution in [0, 0.1) is 13.8 Å². The smallest absolute Gasteiger partial charge is 0.123 e. The molecule has 0 aliphatic heterocycles. The minimum atomic E-state index is 0.725. The fourth-order valence-electron chi connectivity index (χ4n) is 2.09. The van der Waals surface area contributed by atoms with Gasteiger partial charge in [-0.05, 0) is 37.6 Å². The van der Waals surface area contributed by atoms with Gasteiger partial charge in [0.05, 0.1) is 17.9 Å². The van der Waals surface area contributed by atoms with Crippen LogP contribution in [0.25, 0.3) is 0 Å². The Morgan fingerprint density at radius 3 is 2.53 bits per heavy atom. The van der Waals surface area contributed by atoms with Crippen LogP contribution in [0.4, 0.5) is 11.4 Å². The van der Waals surface area contributed by atoms with Gasteiger partial charge in [0.2, 0.25) is 0 Å². The summed E-state index contributed by atoms with van der Waals surface area (Å²) in [5.41, 5.74) is 9.06. The highest BCUT2D eigenvalue weighted by Gasteiger charge is 2.10. The van der Waals surface area contributed by atoms with E-state index in [0.717, 1.165) is 29.4 Å². The summed E-state index contributed by atoms with van der Waals surface area (Å²) >= 11 is 0. The van der Waals surface area contributed by atoms with Crippen LogP contribution in [-0.2, 0) is 6.54 Å². The minimum absolute atomic E-state index is 0.725. The molecule has 3 nitrogen and oxygen atoms in total. The third-order valence-corrected chi connectivity index (χ3v) is 2.84. The number of anilines is 2. The van der Waals surface area contributed by atoms with Gasteiger partial charge >= 0.3 is 0 Å². The number of para-hydroxylation sites is 1. The molecule has 0 aliphatic rings. The van der Waals surface area contributed by atoms with Crippen molar-refractivity contribution < 1.29 is 4.42 Å². The molecule has 0 atom stereocenters. The van der Waals surface area contributed by atoms with Gasteiger partial charge < -0.3 is 15.1 Å². The maximum atomic E-state index is 6.01. The molecule has 3 heteroatoms. The molecular weight excluding hydrogens is 212 g/mol. The fraction of sp³-hybridized carbons (Fsp3) is 0.286. The second-order valence-electron chi connectivity index (χ2n) is 4.38. The number of benzene rings is 1. The Morgan fingerprint density at radius 2 is 1.94 bits per heavy atom. The summed E-state index contributed by atoms with van der Waals surface area (Å²) in [6, 6.07) is 9.94. The number of hydrogen-bond donors (Lipinski definition) is 1. The van der Waals surface area contributed by atoms with Crippen molar-refractivity contribution in [2.75, 3.05) is 17.7 Å². The van der Waals surface area contributed by atoms with Crippen molar-refractivity contribution in [2.24, 2.45) is 0 Å². The Labute approximate surface area is 102 Å². The van der Waals surface area contributed by atoms with Gasteiger partial charge in [-0.3, -0.25) is 0 Å². The van der Waals surface area contributed by atoms with E-state index in [1.165, 1.54) is 5.56 Å². The molecule has 0 amide bonds. The standard InChI is InChI=1S/C14H18N2O/c1-10-5-4-6-13(15)14(10)16(3)9-12-8-7-11(2)17-12/h4-8H,9,15H2,1-3H3. The molecule has 17 heavy (non-hydrogen) atoms. The van der Waals surface area contributed by atoms with E-state index in [9.17, 15) is 0 Å². The van der Waals surface area contributed by atoms with Crippen molar-refractivity contribution in [3.05, 3.63) is 47.4 Å². The van der Waals surface area contributed by atoms with E-state index in [1.807, 2.05) is 38.2 Å². The van der Waals surface area contributed by atoms with E-state index in [2.05, 4.69) is 17.9 Å². The van der Waals surface area contributed by atoms with Crippen molar-refractivity contribution in [3.63, 3.8) is 0 Å². The monoisotopic (exact) mass is 230 g/mol. The summed E-state index contributed by atoms with van der Waals surface area (Å²) in [5.74, 6) is 1.89. The molecular formula is C14H18N2O. The van der Waals surface area contributed by atoms with Crippen molar-refractivity contribution in [1.82, 2.24) is 0 Å². The Morgan fingerprint density at radius 1 is 1.18 bits per heavy atom. The highest BCUT2D eigenvalue weighted by Crippen LogP contribution is 2.27. The molecule has 0 aliphatic carbocycles. The van der Waals surface area contributed by atoms with Gasteiger partial charge in [-0.25, -0.2) is 0 Å². The lowest BCUT2D eigenvalue weighted by Gasteiger charge is -2.22. The highest BCUT2D eigenvalue weighted by molar-refractivity contribution is 5.70. The number of nitrogens with two attached hydrogens (primary N) is 1. The third-order valence-electron chi connectivity index (χ3n) is 2.84. The third kappa shape index (κ3) is 2.44. The van der Waals surface area contributed by atoms with Crippen LogP contribution in [-0.4, -0.2) is 7.05 Å². The van der Waals surface area contributed by atoms with Crippen molar-refractivity contribution >= 4 is 11.4 Å². The van der Waals surface area contributed by atoms with Crippen LogP contribution in [0.15, 0.2) is 34.7 Å². The molecule has 0 radical (unpaired) electrons. The number of hydrogen-bond acceptors (Lipinski definition) is 3. The Hall–Kier alpha value is -1.90. The van der Waals surface area contributed by atoms with Crippen LogP contribution in [0.1, 0.15) is 17.1 Å². The van der Waals surface area contributed by atoms with Crippen LogP contribution in [0.2, 0.25) is 0 Å². The quantitative estimate of drug-likeness (QED) is 0.824. The summed E-state index contributed by atoms with van der Waals surface area (Å²) in [5, 5.41) is 0. The fourth-order valence-corrected chi connectivity index (χ4v) is 2.09. The zero-order chi connectivity index (χ0) is 12.4. The average molecular weight is 230 g/mol. The molecule has 2 rings (SSSR count). The topological polar surface area (TPSA) is 42.4 Å². The van der Waals surface area contributed by atoms with Crippen molar-refractivity contribution in [2.45, 2.75) is 20.4 Å². The first-order valence-electron chi connectivity index (χ1n) is 5.69. The van der Waals surface area contributed by atoms with Gasteiger partial charge in [-0.15, -0.1) is 0 Å². The molecule has 2 aromatic rings. The molecule has 1 heterocycles.